The fourth-order valence-corrected chi connectivity index (χ4v) is 3.54. The minimum absolute atomic E-state index is 0.605. The number of rotatable bonds is 5. The molecule has 0 radical (unpaired) electrons. The van der Waals surface area contributed by atoms with Crippen molar-refractivity contribution < 1.29 is 4.74 Å². The van der Waals surface area contributed by atoms with Gasteiger partial charge in [-0.1, -0.05) is 30.3 Å². The predicted molar refractivity (Wildman–Crippen MR) is 107 cm³/mol. The van der Waals surface area contributed by atoms with Gasteiger partial charge < -0.3 is 9.64 Å². The second-order valence-electron chi connectivity index (χ2n) is 6.43. The summed E-state index contributed by atoms with van der Waals surface area (Å²) in [7, 11) is 1.72. The van der Waals surface area contributed by atoms with Crippen LogP contribution in [0.2, 0.25) is 0 Å². The number of hydrogen-bond acceptors (Lipinski definition) is 6. The molecule has 1 fully saturated rings. The van der Waals surface area contributed by atoms with Gasteiger partial charge in [0, 0.05) is 26.2 Å². The van der Waals surface area contributed by atoms with E-state index in [1.165, 1.54) is 0 Å². The molecule has 2 heterocycles. The second kappa shape index (κ2) is 7.89. The molecule has 3 aromatic rings. The Morgan fingerprint density at radius 2 is 1.63 bits per heavy atom. The molecule has 0 aliphatic carbocycles. The summed E-state index contributed by atoms with van der Waals surface area (Å²) in [5.74, 6) is 0.916. The molecule has 0 spiro atoms. The van der Waals surface area contributed by atoms with E-state index in [1.807, 2.05) is 48.5 Å². The number of para-hydroxylation sites is 3. The fraction of sp³-hybridized carbons (Fsp3) is 0.316. The highest BCUT2D eigenvalue weighted by Gasteiger charge is 2.20. The van der Waals surface area contributed by atoms with Crippen LogP contribution < -0.4 is 9.64 Å². The number of nitrogens with zero attached hydrogens (tertiary/aromatic N) is 6. The molecule has 0 bridgehead atoms. The van der Waals surface area contributed by atoms with Crippen LogP contribution >= 0.6 is 12.2 Å². The van der Waals surface area contributed by atoms with E-state index in [1.54, 1.807) is 16.5 Å². The van der Waals surface area contributed by atoms with Crippen LogP contribution in [0.5, 0.6) is 5.75 Å². The van der Waals surface area contributed by atoms with E-state index in [2.05, 4.69) is 26.3 Å². The summed E-state index contributed by atoms with van der Waals surface area (Å²) >= 11 is 5.56. The lowest BCUT2D eigenvalue weighted by Crippen LogP contribution is -2.47. The summed E-state index contributed by atoms with van der Waals surface area (Å²) in [6, 6.07) is 18.0. The maximum atomic E-state index is 5.56. The molecule has 4 rings (SSSR count). The van der Waals surface area contributed by atoms with Gasteiger partial charge in [-0.3, -0.25) is 4.90 Å². The molecule has 0 amide bonds. The summed E-state index contributed by atoms with van der Waals surface area (Å²) in [6.07, 6.45) is 0. The summed E-state index contributed by atoms with van der Waals surface area (Å²) in [4.78, 5) is 4.70. The minimum atomic E-state index is 0.605. The van der Waals surface area contributed by atoms with Crippen molar-refractivity contribution in [2.24, 2.45) is 0 Å². The van der Waals surface area contributed by atoms with Crippen molar-refractivity contribution in [1.82, 2.24) is 24.7 Å². The van der Waals surface area contributed by atoms with E-state index in [9.17, 15) is 0 Å². The van der Waals surface area contributed by atoms with Gasteiger partial charge >= 0.3 is 0 Å². The Hall–Kier alpha value is -2.71. The molecule has 8 heteroatoms. The number of anilines is 1. The van der Waals surface area contributed by atoms with Crippen LogP contribution in [0.1, 0.15) is 0 Å². The average molecular weight is 382 g/mol. The van der Waals surface area contributed by atoms with Crippen molar-refractivity contribution in [2.75, 3.05) is 38.2 Å². The van der Waals surface area contributed by atoms with Crippen LogP contribution in [0.15, 0.2) is 54.6 Å². The van der Waals surface area contributed by atoms with Gasteiger partial charge in [0.05, 0.1) is 25.2 Å². The van der Waals surface area contributed by atoms with Crippen molar-refractivity contribution in [3.8, 4) is 11.4 Å². The van der Waals surface area contributed by atoms with Crippen LogP contribution in [0.25, 0.3) is 5.69 Å². The van der Waals surface area contributed by atoms with Crippen molar-refractivity contribution in [3.05, 3.63) is 59.4 Å². The van der Waals surface area contributed by atoms with Gasteiger partial charge in [0.2, 0.25) is 4.77 Å². The molecule has 1 aliphatic rings. The zero-order chi connectivity index (χ0) is 18.6. The summed E-state index contributed by atoms with van der Waals surface area (Å²) in [5.41, 5.74) is 2.07. The lowest BCUT2D eigenvalue weighted by molar-refractivity contribution is 0.192. The van der Waals surface area contributed by atoms with E-state index < -0.39 is 0 Å². The Balaban J connectivity index is 1.42. The third-order valence-electron chi connectivity index (χ3n) is 4.77. The van der Waals surface area contributed by atoms with Gasteiger partial charge in [0.25, 0.3) is 0 Å². The molecule has 0 unspecified atom stereocenters. The summed E-state index contributed by atoms with van der Waals surface area (Å²) < 4.78 is 9.57. The molecule has 0 N–H and O–H groups in total. The van der Waals surface area contributed by atoms with E-state index >= 15 is 0 Å². The third kappa shape index (κ3) is 3.72. The Labute approximate surface area is 163 Å². The normalized spacial score (nSPS) is 15.1. The van der Waals surface area contributed by atoms with Crippen LogP contribution in [0.4, 0.5) is 5.69 Å². The first-order chi connectivity index (χ1) is 13.3. The van der Waals surface area contributed by atoms with E-state index in [-0.39, 0.29) is 0 Å². The number of hydrogen-bond donors (Lipinski definition) is 0. The second-order valence-corrected chi connectivity index (χ2v) is 6.79. The highest BCUT2D eigenvalue weighted by atomic mass is 32.1. The largest absolute Gasteiger partial charge is 0.495 e. The average Bonchev–Trinajstić information content (AvgIpc) is 3.09. The molecule has 7 nitrogen and oxygen atoms in total. The Morgan fingerprint density at radius 1 is 0.926 bits per heavy atom. The maximum Gasteiger partial charge on any atom is 0.221 e. The van der Waals surface area contributed by atoms with E-state index in [0.29, 0.717) is 11.4 Å². The van der Waals surface area contributed by atoms with Gasteiger partial charge in [0.1, 0.15) is 5.75 Å². The molecule has 1 aliphatic heterocycles. The number of methoxy groups -OCH3 is 1. The number of aromatic nitrogens is 4. The molecule has 1 saturated heterocycles. The first kappa shape index (κ1) is 17.7. The van der Waals surface area contributed by atoms with Crippen molar-refractivity contribution in [2.45, 2.75) is 6.67 Å². The number of ether oxygens (including phenoxy) is 1. The van der Waals surface area contributed by atoms with Gasteiger partial charge in [-0.05, 0) is 46.9 Å². The van der Waals surface area contributed by atoms with Gasteiger partial charge in [-0.15, -0.1) is 0 Å². The Morgan fingerprint density at radius 3 is 2.37 bits per heavy atom. The van der Waals surface area contributed by atoms with Gasteiger partial charge in [0.15, 0.2) is 0 Å². The Bertz CT molecular complexity index is 946. The predicted octanol–water partition coefficient (Wildman–Crippen LogP) is 2.59. The summed E-state index contributed by atoms with van der Waals surface area (Å²) in [5, 5.41) is 8.45. The zero-order valence-electron chi connectivity index (χ0n) is 15.2. The van der Waals surface area contributed by atoms with Gasteiger partial charge in [-0.25, -0.2) is 4.68 Å². The lowest BCUT2D eigenvalue weighted by Gasteiger charge is -2.36. The molecule has 27 heavy (non-hydrogen) atoms. The molecule has 0 saturated carbocycles. The maximum absolute atomic E-state index is 5.56. The van der Waals surface area contributed by atoms with Gasteiger partial charge in [-0.2, -0.15) is 4.68 Å². The van der Waals surface area contributed by atoms with Crippen LogP contribution in [0.3, 0.4) is 0 Å². The minimum Gasteiger partial charge on any atom is -0.495 e. The molecular formula is C19H22N6OS. The van der Waals surface area contributed by atoms with Crippen molar-refractivity contribution >= 4 is 17.9 Å². The standard InChI is InChI=1S/C19H22N6OS/c1-26-18-10-6-5-9-17(18)23-13-11-22(12-14-23)15-24-19(27)25(21-20-24)16-7-3-2-4-8-16/h2-10H,11-15H2,1H3. The molecule has 0 atom stereocenters. The highest BCUT2D eigenvalue weighted by molar-refractivity contribution is 7.71. The van der Waals surface area contributed by atoms with Crippen molar-refractivity contribution in [3.63, 3.8) is 0 Å². The van der Waals surface area contributed by atoms with E-state index in [4.69, 9.17) is 17.0 Å². The monoisotopic (exact) mass is 382 g/mol. The first-order valence-electron chi connectivity index (χ1n) is 8.95. The van der Waals surface area contributed by atoms with Crippen LogP contribution in [-0.4, -0.2) is 58.0 Å². The number of benzene rings is 2. The number of piperazine rings is 1. The number of tetrazole rings is 1. The highest BCUT2D eigenvalue weighted by Crippen LogP contribution is 2.28. The third-order valence-corrected chi connectivity index (χ3v) is 5.16. The molecule has 140 valence electrons. The molecule has 2 aromatic carbocycles. The molecule has 1 aromatic heterocycles. The zero-order valence-corrected chi connectivity index (χ0v) is 16.0. The quantitative estimate of drug-likeness (QED) is 0.632. The van der Waals surface area contributed by atoms with Crippen LogP contribution in [0, 0.1) is 4.77 Å². The van der Waals surface area contributed by atoms with E-state index in [0.717, 1.165) is 43.3 Å². The summed E-state index contributed by atoms with van der Waals surface area (Å²) in [6.45, 7) is 4.36. The van der Waals surface area contributed by atoms with Crippen LogP contribution in [-0.2, 0) is 6.67 Å². The topological polar surface area (TPSA) is 51.4 Å². The lowest BCUT2D eigenvalue weighted by atomic mass is 10.2. The molecular weight excluding hydrogens is 360 g/mol. The SMILES string of the molecule is COc1ccccc1N1CCN(Cn2nnn(-c3ccccc3)c2=S)CC1. The smallest absolute Gasteiger partial charge is 0.221 e. The fourth-order valence-electron chi connectivity index (χ4n) is 3.30. The van der Waals surface area contributed by atoms with Crippen molar-refractivity contribution in [1.29, 1.82) is 0 Å². The first-order valence-corrected chi connectivity index (χ1v) is 9.35. The Kier molecular flexibility index (Phi) is 5.17.